The molecule has 0 unspecified atom stereocenters. The summed E-state index contributed by atoms with van der Waals surface area (Å²) in [6, 6.07) is 15.1. The van der Waals surface area contributed by atoms with E-state index in [0.29, 0.717) is 13.1 Å². The van der Waals surface area contributed by atoms with Crippen LogP contribution in [0.4, 0.5) is 10.5 Å². The first-order valence-electron chi connectivity index (χ1n) is 9.21. The van der Waals surface area contributed by atoms with Crippen LogP contribution < -0.4 is 10.9 Å². The molecule has 0 saturated heterocycles. The number of para-hydroxylation sites is 1. The molecule has 2 N–H and O–H groups in total. The van der Waals surface area contributed by atoms with E-state index in [1.165, 1.54) is 0 Å². The van der Waals surface area contributed by atoms with E-state index in [1.807, 2.05) is 57.2 Å². The number of amides is 2. The average Bonchev–Trinajstić information content (AvgIpc) is 2.60. The monoisotopic (exact) mass is 363 g/mol. The van der Waals surface area contributed by atoms with Gasteiger partial charge in [0, 0.05) is 35.7 Å². The molecule has 0 atom stereocenters. The van der Waals surface area contributed by atoms with Gasteiger partial charge in [-0.1, -0.05) is 31.2 Å². The predicted octanol–water partition coefficient (Wildman–Crippen LogP) is 4.59. The molecule has 0 fully saturated rings. The summed E-state index contributed by atoms with van der Waals surface area (Å²) in [5.41, 5.74) is 4.47. The topological polar surface area (TPSA) is 65.2 Å². The molecular weight excluding hydrogens is 338 g/mol. The van der Waals surface area contributed by atoms with Gasteiger partial charge in [0.2, 0.25) is 5.56 Å². The molecule has 0 bridgehead atoms. The number of nitrogens with zero attached hydrogens (tertiary/aromatic N) is 1. The van der Waals surface area contributed by atoms with Gasteiger partial charge in [0.15, 0.2) is 0 Å². The number of fused-ring (bicyclic) bond motifs is 1. The number of hydrogen-bond donors (Lipinski definition) is 2. The van der Waals surface area contributed by atoms with Gasteiger partial charge in [-0.3, -0.25) is 4.79 Å². The summed E-state index contributed by atoms with van der Waals surface area (Å²) >= 11 is 0. The van der Waals surface area contributed by atoms with Crippen LogP contribution in [0.5, 0.6) is 0 Å². The zero-order chi connectivity index (χ0) is 19.4. The minimum absolute atomic E-state index is 0.158. The normalized spacial score (nSPS) is 10.8. The molecule has 0 radical (unpaired) electrons. The standard InChI is InChI=1S/C22H25N3O2/c1-4-9-25(22(27)23-18-11-15(2)10-16(3)12-18)14-17-13-21(26)24-20-8-6-5-7-19(17)20/h5-8,10-13H,4,9,14H2,1-3H3,(H,23,27)(H,24,26). The largest absolute Gasteiger partial charge is 0.322 e. The van der Waals surface area contributed by atoms with Gasteiger partial charge in [0.25, 0.3) is 0 Å². The Labute approximate surface area is 159 Å². The number of benzene rings is 2. The third kappa shape index (κ3) is 4.56. The van der Waals surface area contributed by atoms with Crippen molar-refractivity contribution in [3.8, 4) is 0 Å². The Bertz CT molecular complexity index is 1000. The Hall–Kier alpha value is -3.08. The Kier molecular flexibility index (Phi) is 5.60. The first kappa shape index (κ1) is 18.7. The SMILES string of the molecule is CCCN(Cc1cc(=O)[nH]c2ccccc12)C(=O)Nc1cc(C)cc(C)c1. The smallest absolute Gasteiger partial charge is 0.322 e. The van der Waals surface area contributed by atoms with Gasteiger partial charge in [0.1, 0.15) is 0 Å². The van der Waals surface area contributed by atoms with Gasteiger partial charge in [-0.25, -0.2) is 4.79 Å². The molecule has 140 valence electrons. The highest BCUT2D eigenvalue weighted by Gasteiger charge is 2.15. The molecule has 0 aliphatic heterocycles. The maximum absolute atomic E-state index is 12.9. The quantitative estimate of drug-likeness (QED) is 0.696. The molecule has 2 amide bonds. The Balaban J connectivity index is 1.87. The van der Waals surface area contributed by atoms with Gasteiger partial charge in [0.05, 0.1) is 0 Å². The van der Waals surface area contributed by atoms with Crippen molar-refractivity contribution < 1.29 is 4.79 Å². The molecule has 5 nitrogen and oxygen atoms in total. The molecule has 5 heteroatoms. The van der Waals surface area contributed by atoms with Crippen LogP contribution in [0.3, 0.4) is 0 Å². The highest BCUT2D eigenvalue weighted by Crippen LogP contribution is 2.18. The maximum atomic E-state index is 12.9. The molecule has 1 aromatic heterocycles. The van der Waals surface area contributed by atoms with Crippen LogP contribution in [0, 0.1) is 13.8 Å². The number of anilines is 1. The molecule has 1 heterocycles. The number of rotatable bonds is 5. The van der Waals surface area contributed by atoms with Crippen molar-refractivity contribution >= 4 is 22.6 Å². The second-order valence-corrected chi connectivity index (χ2v) is 6.93. The minimum Gasteiger partial charge on any atom is -0.322 e. The number of urea groups is 1. The Morgan fingerprint density at radius 2 is 1.78 bits per heavy atom. The first-order valence-corrected chi connectivity index (χ1v) is 9.21. The van der Waals surface area contributed by atoms with Gasteiger partial charge in [-0.2, -0.15) is 0 Å². The maximum Gasteiger partial charge on any atom is 0.322 e. The number of aromatic nitrogens is 1. The molecule has 27 heavy (non-hydrogen) atoms. The summed E-state index contributed by atoms with van der Waals surface area (Å²) in [6.07, 6.45) is 0.835. The number of aromatic amines is 1. The number of carbonyl (C=O) groups is 1. The summed E-state index contributed by atoms with van der Waals surface area (Å²) in [4.78, 5) is 29.5. The first-order chi connectivity index (χ1) is 13.0. The third-order valence-electron chi connectivity index (χ3n) is 4.45. The van der Waals surface area contributed by atoms with Crippen molar-refractivity contribution in [2.24, 2.45) is 0 Å². The zero-order valence-corrected chi connectivity index (χ0v) is 16.0. The van der Waals surface area contributed by atoms with Crippen molar-refractivity contribution in [2.75, 3.05) is 11.9 Å². The lowest BCUT2D eigenvalue weighted by Crippen LogP contribution is -2.35. The molecular formula is C22H25N3O2. The molecule has 2 aromatic carbocycles. The molecule has 3 aromatic rings. The summed E-state index contributed by atoms with van der Waals surface area (Å²) < 4.78 is 0. The summed E-state index contributed by atoms with van der Waals surface area (Å²) in [7, 11) is 0. The average molecular weight is 363 g/mol. The van der Waals surface area contributed by atoms with Crippen molar-refractivity contribution in [2.45, 2.75) is 33.7 Å². The number of nitrogens with one attached hydrogen (secondary N) is 2. The van der Waals surface area contributed by atoms with Crippen LogP contribution in [0.1, 0.15) is 30.0 Å². The van der Waals surface area contributed by atoms with E-state index >= 15 is 0 Å². The van der Waals surface area contributed by atoms with Crippen LogP contribution in [0.2, 0.25) is 0 Å². The van der Waals surface area contributed by atoms with Gasteiger partial charge >= 0.3 is 6.03 Å². The van der Waals surface area contributed by atoms with E-state index in [-0.39, 0.29) is 11.6 Å². The van der Waals surface area contributed by atoms with Crippen LogP contribution in [0.25, 0.3) is 10.9 Å². The fraction of sp³-hybridized carbons (Fsp3) is 0.273. The fourth-order valence-electron chi connectivity index (χ4n) is 3.39. The molecule has 0 saturated carbocycles. The minimum atomic E-state index is -0.161. The van der Waals surface area contributed by atoms with E-state index in [9.17, 15) is 9.59 Å². The fourth-order valence-corrected chi connectivity index (χ4v) is 3.39. The van der Waals surface area contributed by atoms with E-state index < -0.39 is 0 Å². The van der Waals surface area contributed by atoms with Crippen LogP contribution in [-0.2, 0) is 6.54 Å². The zero-order valence-electron chi connectivity index (χ0n) is 16.0. The van der Waals surface area contributed by atoms with Crippen molar-refractivity contribution in [3.05, 3.63) is 75.6 Å². The second kappa shape index (κ2) is 8.08. The number of hydrogen-bond acceptors (Lipinski definition) is 2. The number of carbonyl (C=O) groups excluding carboxylic acids is 1. The molecule has 3 rings (SSSR count). The summed E-state index contributed by atoms with van der Waals surface area (Å²) in [5, 5.41) is 3.95. The lowest BCUT2D eigenvalue weighted by molar-refractivity contribution is 0.209. The van der Waals surface area contributed by atoms with Crippen molar-refractivity contribution in [1.29, 1.82) is 0 Å². The van der Waals surface area contributed by atoms with Crippen LogP contribution in [0.15, 0.2) is 53.3 Å². The third-order valence-corrected chi connectivity index (χ3v) is 4.45. The highest BCUT2D eigenvalue weighted by atomic mass is 16.2. The molecule has 0 aliphatic rings. The summed E-state index contributed by atoms with van der Waals surface area (Å²) in [5.74, 6) is 0. The lowest BCUT2D eigenvalue weighted by atomic mass is 10.1. The number of H-pyrrole nitrogens is 1. The predicted molar refractivity (Wildman–Crippen MR) is 110 cm³/mol. The molecule has 0 spiro atoms. The highest BCUT2D eigenvalue weighted by molar-refractivity contribution is 5.90. The number of pyridine rings is 1. The Morgan fingerprint density at radius 1 is 1.07 bits per heavy atom. The van der Waals surface area contributed by atoms with E-state index in [4.69, 9.17) is 0 Å². The molecule has 0 aliphatic carbocycles. The van der Waals surface area contributed by atoms with Crippen LogP contribution >= 0.6 is 0 Å². The van der Waals surface area contributed by atoms with Gasteiger partial charge < -0.3 is 15.2 Å². The second-order valence-electron chi connectivity index (χ2n) is 6.93. The summed E-state index contributed by atoms with van der Waals surface area (Å²) in [6.45, 7) is 7.05. The van der Waals surface area contributed by atoms with E-state index in [0.717, 1.165) is 39.7 Å². The van der Waals surface area contributed by atoms with Crippen molar-refractivity contribution in [1.82, 2.24) is 9.88 Å². The lowest BCUT2D eigenvalue weighted by Gasteiger charge is -2.23. The van der Waals surface area contributed by atoms with Gasteiger partial charge in [-0.15, -0.1) is 0 Å². The van der Waals surface area contributed by atoms with Gasteiger partial charge in [-0.05, 0) is 55.2 Å². The Morgan fingerprint density at radius 3 is 2.48 bits per heavy atom. The number of aryl methyl sites for hydroxylation is 2. The van der Waals surface area contributed by atoms with E-state index in [1.54, 1.807) is 11.0 Å². The van der Waals surface area contributed by atoms with Crippen LogP contribution in [-0.4, -0.2) is 22.5 Å². The van der Waals surface area contributed by atoms with Crippen molar-refractivity contribution in [3.63, 3.8) is 0 Å². The van der Waals surface area contributed by atoms with E-state index in [2.05, 4.69) is 16.4 Å².